The highest BCUT2D eigenvalue weighted by molar-refractivity contribution is 5.72. The van der Waals surface area contributed by atoms with Gasteiger partial charge in [-0.1, -0.05) is 13.8 Å². The minimum absolute atomic E-state index is 0.0213. The predicted molar refractivity (Wildman–Crippen MR) is 54.9 cm³/mol. The molecule has 2 nitrogen and oxygen atoms in total. The maximum Gasteiger partial charge on any atom is 0.306 e. The number of carbonyl (C=O) groups is 1. The molecule has 0 amide bonds. The van der Waals surface area contributed by atoms with Crippen LogP contribution in [0.2, 0.25) is 0 Å². The van der Waals surface area contributed by atoms with Crippen molar-refractivity contribution in [1.82, 2.24) is 0 Å². The van der Waals surface area contributed by atoms with Gasteiger partial charge in [-0.05, 0) is 43.9 Å². The third-order valence-corrected chi connectivity index (χ3v) is 4.00. The Hall–Kier alpha value is -0.530. The van der Waals surface area contributed by atoms with E-state index in [0.717, 1.165) is 31.1 Å². The zero-order chi connectivity index (χ0) is 10.2. The van der Waals surface area contributed by atoms with Gasteiger partial charge in [-0.2, -0.15) is 0 Å². The summed E-state index contributed by atoms with van der Waals surface area (Å²) < 4.78 is 5.48. The fourth-order valence-electron chi connectivity index (χ4n) is 2.86. The molecule has 0 aromatic carbocycles. The van der Waals surface area contributed by atoms with Gasteiger partial charge < -0.3 is 4.74 Å². The average Bonchev–Trinajstić information content (AvgIpc) is 2.48. The van der Waals surface area contributed by atoms with Crippen molar-refractivity contribution in [3.8, 4) is 0 Å². The second-order valence-electron chi connectivity index (χ2n) is 5.24. The Bertz CT molecular complexity index is 224. The number of esters is 1. The largest absolute Gasteiger partial charge is 0.459 e. The van der Waals surface area contributed by atoms with Gasteiger partial charge in [-0.15, -0.1) is 0 Å². The molecule has 0 aromatic rings. The molecule has 1 aliphatic heterocycles. The summed E-state index contributed by atoms with van der Waals surface area (Å²) in [5.74, 6) is 1.65. The lowest BCUT2D eigenvalue weighted by atomic mass is 9.74. The molecule has 2 heteroatoms. The van der Waals surface area contributed by atoms with Crippen LogP contribution in [-0.4, -0.2) is 11.6 Å². The van der Waals surface area contributed by atoms with Crippen LogP contribution in [0.1, 0.15) is 52.4 Å². The first-order valence-electron chi connectivity index (χ1n) is 5.83. The highest BCUT2D eigenvalue weighted by atomic mass is 16.6. The lowest BCUT2D eigenvalue weighted by Gasteiger charge is -2.37. The third kappa shape index (κ3) is 1.79. The molecule has 80 valence electrons. The number of carbonyl (C=O) groups excluding carboxylic acids is 1. The Morgan fingerprint density at radius 3 is 2.36 bits per heavy atom. The lowest BCUT2D eigenvalue weighted by Crippen LogP contribution is -2.34. The summed E-state index contributed by atoms with van der Waals surface area (Å²) in [6.07, 6.45) is 6.29. The van der Waals surface area contributed by atoms with Crippen LogP contribution >= 0.6 is 0 Å². The molecule has 2 aliphatic rings. The van der Waals surface area contributed by atoms with Crippen LogP contribution in [-0.2, 0) is 9.53 Å². The Morgan fingerprint density at radius 1 is 1.29 bits per heavy atom. The number of hydrogen-bond donors (Lipinski definition) is 0. The summed E-state index contributed by atoms with van der Waals surface area (Å²) in [7, 11) is 0. The molecule has 0 bridgehead atoms. The topological polar surface area (TPSA) is 26.3 Å². The van der Waals surface area contributed by atoms with Crippen molar-refractivity contribution in [3.05, 3.63) is 0 Å². The summed E-state index contributed by atoms with van der Waals surface area (Å²) in [5.41, 5.74) is -0.0392. The third-order valence-electron chi connectivity index (χ3n) is 4.00. The minimum atomic E-state index is -0.0392. The molecule has 2 rings (SSSR count). The van der Waals surface area contributed by atoms with Crippen LogP contribution in [0.25, 0.3) is 0 Å². The molecule has 0 atom stereocenters. The predicted octanol–water partition coefficient (Wildman–Crippen LogP) is 2.91. The van der Waals surface area contributed by atoms with Crippen LogP contribution < -0.4 is 0 Å². The first-order chi connectivity index (χ1) is 6.61. The molecular weight excluding hydrogens is 176 g/mol. The first-order valence-corrected chi connectivity index (χ1v) is 5.83. The average molecular weight is 196 g/mol. The van der Waals surface area contributed by atoms with Gasteiger partial charge in [0.05, 0.1) is 0 Å². The Labute approximate surface area is 86.0 Å². The molecule has 2 fully saturated rings. The van der Waals surface area contributed by atoms with Gasteiger partial charge >= 0.3 is 5.97 Å². The zero-order valence-electron chi connectivity index (χ0n) is 9.21. The van der Waals surface area contributed by atoms with Crippen molar-refractivity contribution in [2.75, 3.05) is 0 Å². The van der Waals surface area contributed by atoms with E-state index < -0.39 is 0 Å². The van der Waals surface area contributed by atoms with Gasteiger partial charge in [0.25, 0.3) is 0 Å². The standard InChI is InChI=1S/C12H20O2/c1-9(2)10-3-6-12(7-4-10)8-5-11(13)14-12/h9-10H,3-8H2,1-2H3/t10-,12-. The summed E-state index contributed by atoms with van der Waals surface area (Å²) >= 11 is 0. The van der Waals surface area contributed by atoms with Crippen molar-refractivity contribution < 1.29 is 9.53 Å². The highest BCUT2D eigenvalue weighted by Crippen LogP contribution is 2.43. The van der Waals surface area contributed by atoms with Crippen molar-refractivity contribution >= 4 is 5.97 Å². The Balaban J connectivity index is 1.92. The molecular formula is C12H20O2. The van der Waals surface area contributed by atoms with E-state index in [0.29, 0.717) is 6.42 Å². The summed E-state index contributed by atoms with van der Waals surface area (Å²) in [5, 5.41) is 0. The van der Waals surface area contributed by atoms with E-state index in [2.05, 4.69) is 13.8 Å². The van der Waals surface area contributed by atoms with Gasteiger partial charge in [-0.3, -0.25) is 4.79 Å². The van der Waals surface area contributed by atoms with E-state index in [1.165, 1.54) is 12.8 Å². The molecule has 1 heterocycles. The number of hydrogen-bond acceptors (Lipinski definition) is 2. The summed E-state index contributed by atoms with van der Waals surface area (Å²) in [6.45, 7) is 4.59. The van der Waals surface area contributed by atoms with Crippen molar-refractivity contribution in [3.63, 3.8) is 0 Å². The zero-order valence-corrected chi connectivity index (χ0v) is 9.21. The van der Waals surface area contributed by atoms with Gasteiger partial charge in [0.1, 0.15) is 5.60 Å². The highest BCUT2D eigenvalue weighted by Gasteiger charge is 2.43. The smallest absolute Gasteiger partial charge is 0.306 e. The second-order valence-corrected chi connectivity index (χ2v) is 5.24. The van der Waals surface area contributed by atoms with Crippen molar-refractivity contribution in [1.29, 1.82) is 0 Å². The van der Waals surface area contributed by atoms with Crippen molar-refractivity contribution in [2.24, 2.45) is 11.8 Å². The second kappa shape index (κ2) is 3.56. The van der Waals surface area contributed by atoms with Gasteiger partial charge in [0, 0.05) is 6.42 Å². The minimum Gasteiger partial charge on any atom is -0.459 e. The maximum absolute atomic E-state index is 11.1. The van der Waals surface area contributed by atoms with Crippen LogP contribution in [0.5, 0.6) is 0 Å². The van der Waals surface area contributed by atoms with Crippen LogP contribution in [0, 0.1) is 11.8 Å². The molecule has 1 saturated heterocycles. The van der Waals surface area contributed by atoms with Gasteiger partial charge in [0.15, 0.2) is 0 Å². The SMILES string of the molecule is CC(C)[C@H]1CC[C@@]2(CCC(=O)O2)CC1. The van der Waals surface area contributed by atoms with Crippen LogP contribution in [0.3, 0.4) is 0 Å². The van der Waals surface area contributed by atoms with Crippen LogP contribution in [0.15, 0.2) is 0 Å². The van der Waals surface area contributed by atoms with Crippen LogP contribution in [0.4, 0.5) is 0 Å². The fourth-order valence-corrected chi connectivity index (χ4v) is 2.86. The molecule has 1 saturated carbocycles. The molecule has 0 radical (unpaired) electrons. The number of ether oxygens (including phenoxy) is 1. The van der Waals surface area contributed by atoms with Gasteiger partial charge in [0.2, 0.25) is 0 Å². The maximum atomic E-state index is 11.1. The van der Waals surface area contributed by atoms with E-state index in [1.54, 1.807) is 0 Å². The fraction of sp³-hybridized carbons (Fsp3) is 0.917. The molecule has 0 aromatic heterocycles. The summed E-state index contributed by atoms with van der Waals surface area (Å²) in [6, 6.07) is 0. The van der Waals surface area contributed by atoms with E-state index in [1.807, 2.05) is 0 Å². The molecule has 0 unspecified atom stereocenters. The molecule has 1 spiro atoms. The van der Waals surface area contributed by atoms with E-state index in [4.69, 9.17) is 4.74 Å². The normalized spacial score (nSPS) is 37.9. The molecule has 0 N–H and O–H groups in total. The molecule has 14 heavy (non-hydrogen) atoms. The van der Waals surface area contributed by atoms with Gasteiger partial charge in [-0.25, -0.2) is 0 Å². The Kier molecular flexibility index (Phi) is 2.54. The summed E-state index contributed by atoms with van der Waals surface area (Å²) in [4.78, 5) is 11.1. The first kappa shape index (κ1) is 10.0. The Morgan fingerprint density at radius 2 is 1.93 bits per heavy atom. The van der Waals surface area contributed by atoms with Crippen molar-refractivity contribution in [2.45, 2.75) is 58.0 Å². The lowest BCUT2D eigenvalue weighted by molar-refractivity contribution is -0.151. The molecule has 1 aliphatic carbocycles. The quantitative estimate of drug-likeness (QED) is 0.603. The van der Waals surface area contributed by atoms with E-state index in [-0.39, 0.29) is 11.6 Å². The van der Waals surface area contributed by atoms with E-state index in [9.17, 15) is 4.79 Å². The van der Waals surface area contributed by atoms with E-state index >= 15 is 0 Å². The number of rotatable bonds is 1. The monoisotopic (exact) mass is 196 g/mol.